The van der Waals surface area contributed by atoms with E-state index in [0.717, 1.165) is 17.5 Å². The van der Waals surface area contributed by atoms with Crippen LogP contribution in [0.25, 0.3) is 0 Å². The lowest BCUT2D eigenvalue weighted by molar-refractivity contribution is 0.171. The predicted molar refractivity (Wildman–Crippen MR) is 104 cm³/mol. The van der Waals surface area contributed by atoms with Crippen molar-refractivity contribution in [3.05, 3.63) is 29.3 Å². The first-order valence-corrected chi connectivity index (χ1v) is 10.5. The van der Waals surface area contributed by atoms with Crippen molar-refractivity contribution in [2.45, 2.75) is 45.9 Å². The van der Waals surface area contributed by atoms with Gasteiger partial charge in [0.15, 0.2) is 0 Å². The maximum Gasteiger partial charge on any atom is 0.317 e. The Morgan fingerprint density at radius 3 is 2.27 bits per heavy atom. The van der Waals surface area contributed by atoms with Gasteiger partial charge in [0.05, 0.1) is 4.90 Å². The third-order valence-electron chi connectivity index (χ3n) is 4.63. The van der Waals surface area contributed by atoms with E-state index in [9.17, 15) is 13.2 Å². The minimum Gasteiger partial charge on any atom is -0.338 e. The molecule has 0 aromatic heterocycles. The third kappa shape index (κ3) is 5.20. The SMILES string of the molecule is Cc1ccc(S(=O)(=O)N2CCN(C(=O)NCCC(C)(C)C)CC2)c(C)c1. The number of hydrogen-bond acceptors (Lipinski definition) is 3. The van der Waals surface area contributed by atoms with Crippen LogP contribution in [0.4, 0.5) is 4.79 Å². The predicted octanol–water partition coefficient (Wildman–Crippen LogP) is 2.76. The number of benzene rings is 1. The topological polar surface area (TPSA) is 69.7 Å². The molecule has 0 bridgehead atoms. The van der Waals surface area contributed by atoms with Crippen molar-refractivity contribution in [3.8, 4) is 0 Å². The molecule has 1 fully saturated rings. The lowest BCUT2D eigenvalue weighted by Gasteiger charge is -2.34. The summed E-state index contributed by atoms with van der Waals surface area (Å²) >= 11 is 0. The number of amides is 2. The molecule has 0 radical (unpaired) electrons. The smallest absolute Gasteiger partial charge is 0.317 e. The van der Waals surface area contributed by atoms with Gasteiger partial charge < -0.3 is 10.2 Å². The van der Waals surface area contributed by atoms with Crippen molar-refractivity contribution in [3.63, 3.8) is 0 Å². The second-order valence-electron chi connectivity index (χ2n) is 8.20. The van der Waals surface area contributed by atoms with Gasteiger partial charge in [0.1, 0.15) is 0 Å². The minimum atomic E-state index is -3.52. The summed E-state index contributed by atoms with van der Waals surface area (Å²) in [6, 6.07) is 5.26. The lowest BCUT2D eigenvalue weighted by Crippen LogP contribution is -2.53. The molecule has 1 aromatic carbocycles. The fourth-order valence-electron chi connectivity index (χ4n) is 3.02. The van der Waals surface area contributed by atoms with Gasteiger partial charge in [-0.15, -0.1) is 0 Å². The van der Waals surface area contributed by atoms with E-state index in [2.05, 4.69) is 26.1 Å². The van der Waals surface area contributed by atoms with E-state index in [1.807, 2.05) is 26.0 Å². The molecule has 0 atom stereocenters. The van der Waals surface area contributed by atoms with Gasteiger partial charge in [-0.1, -0.05) is 38.5 Å². The van der Waals surface area contributed by atoms with Gasteiger partial charge in [-0.25, -0.2) is 13.2 Å². The number of hydrogen-bond donors (Lipinski definition) is 1. The van der Waals surface area contributed by atoms with Crippen LogP contribution in [0.3, 0.4) is 0 Å². The average Bonchev–Trinajstić information content (AvgIpc) is 2.53. The molecule has 1 N–H and O–H groups in total. The minimum absolute atomic E-state index is 0.113. The number of aryl methyl sites for hydroxylation is 2. The number of rotatable bonds is 4. The van der Waals surface area contributed by atoms with Gasteiger partial charge in [-0.2, -0.15) is 4.31 Å². The van der Waals surface area contributed by atoms with E-state index in [-0.39, 0.29) is 11.4 Å². The highest BCUT2D eigenvalue weighted by molar-refractivity contribution is 7.89. The largest absolute Gasteiger partial charge is 0.338 e. The van der Waals surface area contributed by atoms with Crippen LogP contribution in [0.1, 0.15) is 38.3 Å². The second kappa shape index (κ2) is 7.96. The van der Waals surface area contributed by atoms with Crippen LogP contribution in [-0.2, 0) is 10.0 Å². The van der Waals surface area contributed by atoms with Crippen LogP contribution in [0.2, 0.25) is 0 Å². The number of urea groups is 1. The number of carbonyl (C=O) groups is 1. The quantitative estimate of drug-likeness (QED) is 0.872. The average molecular weight is 382 g/mol. The van der Waals surface area contributed by atoms with Gasteiger partial charge in [0.25, 0.3) is 0 Å². The van der Waals surface area contributed by atoms with Crippen LogP contribution in [-0.4, -0.2) is 56.4 Å². The van der Waals surface area contributed by atoms with Crippen molar-refractivity contribution < 1.29 is 13.2 Å². The monoisotopic (exact) mass is 381 g/mol. The number of sulfonamides is 1. The zero-order valence-electron chi connectivity index (χ0n) is 16.5. The fraction of sp³-hybridized carbons (Fsp3) is 0.632. The maximum atomic E-state index is 12.9. The second-order valence-corrected chi connectivity index (χ2v) is 10.1. The molecule has 1 saturated heterocycles. The Morgan fingerprint density at radius 2 is 1.73 bits per heavy atom. The Balaban J connectivity index is 1.94. The molecule has 0 saturated carbocycles. The molecule has 1 aromatic rings. The van der Waals surface area contributed by atoms with Crippen LogP contribution in [0, 0.1) is 19.3 Å². The molecule has 0 unspecified atom stereocenters. The van der Waals surface area contributed by atoms with Crippen LogP contribution in [0.15, 0.2) is 23.1 Å². The summed E-state index contributed by atoms with van der Waals surface area (Å²) in [6.07, 6.45) is 0.903. The molecule has 146 valence electrons. The Kier molecular flexibility index (Phi) is 6.34. The molecule has 6 nitrogen and oxygen atoms in total. The fourth-order valence-corrected chi connectivity index (χ4v) is 4.64. The van der Waals surface area contributed by atoms with Gasteiger partial charge >= 0.3 is 6.03 Å². The summed E-state index contributed by atoms with van der Waals surface area (Å²) < 4.78 is 27.2. The summed E-state index contributed by atoms with van der Waals surface area (Å²) in [5.74, 6) is 0. The van der Waals surface area contributed by atoms with E-state index in [1.54, 1.807) is 11.0 Å². The van der Waals surface area contributed by atoms with Crippen LogP contribution < -0.4 is 5.32 Å². The summed E-state index contributed by atoms with van der Waals surface area (Å²) in [5.41, 5.74) is 1.97. The molecule has 1 heterocycles. The highest BCUT2D eigenvalue weighted by Crippen LogP contribution is 2.22. The van der Waals surface area contributed by atoms with E-state index >= 15 is 0 Å². The van der Waals surface area contributed by atoms with Crippen molar-refractivity contribution in [1.82, 2.24) is 14.5 Å². The molecule has 2 amide bonds. The highest BCUT2D eigenvalue weighted by Gasteiger charge is 2.31. The highest BCUT2D eigenvalue weighted by atomic mass is 32.2. The number of nitrogens with one attached hydrogen (secondary N) is 1. The van der Waals surface area contributed by atoms with Crippen LogP contribution in [0.5, 0.6) is 0 Å². The normalized spacial score (nSPS) is 16.6. The standard InChI is InChI=1S/C19H31N3O3S/c1-15-6-7-17(16(2)14-15)26(24,25)22-12-10-21(11-13-22)18(23)20-9-8-19(3,4)5/h6-7,14H,8-13H2,1-5H3,(H,20,23). The molecule has 1 aliphatic rings. The van der Waals surface area contributed by atoms with E-state index in [0.29, 0.717) is 37.6 Å². The molecule has 1 aliphatic heterocycles. The van der Waals surface area contributed by atoms with Crippen molar-refractivity contribution >= 4 is 16.1 Å². The molecule has 0 spiro atoms. The molecular weight excluding hydrogens is 350 g/mol. The van der Waals surface area contributed by atoms with E-state index < -0.39 is 10.0 Å². The number of piperazine rings is 1. The summed E-state index contributed by atoms with van der Waals surface area (Å²) in [6.45, 7) is 12.3. The molecular formula is C19H31N3O3S. The third-order valence-corrected chi connectivity index (χ3v) is 6.68. The van der Waals surface area contributed by atoms with Gasteiger partial charge in [-0.05, 0) is 37.3 Å². The summed E-state index contributed by atoms with van der Waals surface area (Å²) in [7, 11) is -3.52. The van der Waals surface area contributed by atoms with Crippen molar-refractivity contribution in [2.24, 2.45) is 5.41 Å². The molecule has 7 heteroatoms. The summed E-state index contributed by atoms with van der Waals surface area (Å²) in [5, 5.41) is 2.93. The molecule has 0 aliphatic carbocycles. The van der Waals surface area contributed by atoms with Gasteiger partial charge in [0.2, 0.25) is 10.0 Å². The first-order chi connectivity index (χ1) is 12.0. The van der Waals surface area contributed by atoms with Gasteiger partial charge in [0, 0.05) is 32.7 Å². The maximum absolute atomic E-state index is 12.9. The first-order valence-electron chi connectivity index (χ1n) is 9.11. The summed E-state index contributed by atoms with van der Waals surface area (Å²) in [4.78, 5) is 14.3. The van der Waals surface area contributed by atoms with E-state index in [1.165, 1.54) is 4.31 Å². The first kappa shape index (κ1) is 20.7. The Hall–Kier alpha value is -1.60. The Labute approximate surface area is 157 Å². The van der Waals surface area contributed by atoms with Gasteiger partial charge in [-0.3, -0.25) is 0 Å². The molecule has 2 rings (SSSR count). The van der Waals surface area contributed by atoms with E-state index in [4.69, 9.17) is 0 Å². The lowest BCUT2D eigenvalue weighted by atomic mass is 9.92. The van der Waals surface area contributed by atoms with Crippen molar-refractivity contribution in [1.29, 1.82) is 0 Å². The van der Waals surface area contributed by atoms with Crippen LogP contribution >= 0.6 is 0 Å². The molecule has 26 heavy (non-hydrogen) atoms. The number of carbonyl (C=O) groups excluding carboxylic acids is 1. The zero-order valence-corrected chi connectivity index (χ0v) is 17.3. The Bertz CT molecular complexity index is 746. The number of nitrogens with zero attached hydrogens (tertiary/aromatic N) is 2. The van der Waals surface area contributed by atoms with Crippen molar-refractivity contribution in [2.75, 3.05) is 32.7 Å². The Morgan fingerprint density at radius 1 is 1.12 bits per heavy atom. The zero-order chi connectivity index (χ0) is 19.5.